The molecule has 6 nitrogen and oxygen atoms in total. The third kappa shape index (κ3) is 2.01. The van der Waals surface area contributed by atoms with Gasteiger partial charge in [-0.3, -0.25) is 0 Å². The second kappa shape index (κ2) is 6.38. The predicted octanol–water partition coefficient (Wildman–Crippen LogP) is 4.75. The van der Waals surface area contributed by atoms with E-state index in [0.29, 0.717) is 19.0 Å². The van der Waals surface area contributed by atoms with Gasteiger partial charge in [-0.1, -0.05) is 24.3 Å². The van der Waals surface area contributed by atoms with E-state index in [9.17, 15) is 21.0 Å². The van der Waals surface area contributed by atoms with E-state index in [2.05, 4.69) is 24.3 Å². The Morgan fingerprint density at radius 1 is 0.879 bits per heavy atom. The van der Waals surface area contributed by atoms with E-state index in [1.807, 2.05) is 42.5 Å². The van der Waals surface area contributed by atoms with Crippen molar-refractivity contribution in [3.8, 4) is 30.0 Å². The fourth-order valence-corrected chi connectivity index (χ4v) is 6.28. The molecule has 9 rings (SSSR count). The van der Waals surface area contributed by atoms with Crippen molar-refractivity contribution in [3.05, 3.63) is 58.9 Å². The lowest BCUT2D eigenvalue weighted by molar-refractivity contribution is 0.0860. The molecule has 0 amide bonds. The molecule has 2 aromatic carbocycles. The van der Waals surface area contributed by atoms with Crippen molar-refractivity contribution >= 4 is 16.8 Å². The minimum Gasteiger partial charge on any atom is -0.497 e. The fraction of sp³-hybridized carbons (Fsp3) is 0.333. The average molecular weight is 430 g/mol. The molecule has 0 aromatic heterocycles. The molecule has 33 heavy (non-hydrogen) atoms. The number of allylic oxidation sites excluding steroid dienone is 3. The zero-order valence-electron chi connectivity index (χ0n) is 17.8. The summed E-state index contributed by atoms with van der Waals surface area (Å²) in [6.45, 7) is 1.03. The van der Waals surface area contributed by atoms with Gasteiger partial charge in [0.2, 0.25) is 0 Å². The number of fused-ring (bicyclic) bond motifs is 2. The van der Waals surface area contributed by atoms with Crippen LogP contribution in [0.1, 0.15) is 41.9 Å². The summed E-state index contributed by atoms with van der Waals surface area (Å²) in [5.74, 6) is 0.451. The van der Waals surface area contributed by atoms with Gasteiger partial charge < -0.3 is 9.47 Å². The number of nitriles is 4. The van der Waals surface area contributed by atoms with E-state index in [1.165, 1.54) is 0 Å². The maximum Gasteiger partial charge on any atom is 0.193 e. The molecule has 2 unspecified atom stereocenters. The van der Waals surface area contributed by atoms with Gasteiger partial charge in [0.05, 0.1) is 48.8 Å². The van der Waals surface area contributed by atoms with E-state index >= 15 is 0 Å². The minimum atomic E-state index is -1.93. The summed E-state index contributed by atoms with van der Waals surface area (Å²) in [4.78, 5) is 0. The van der Waals surface area contributed by atoms with Crippen LogP contribution < -0.4 is 4.74 Å². The van der Waals surface area contributed by atoms with Crippen LogP contribution in [0.5, 0.6) is 5.75 Å². The number of rotatable bonds is 0. The highest BCUT2D eigenvalue weighted by Gasteiger charge is 2.76. The van der Waals surface area contributed by atoms with Crippen LogP contribution in [-0.2, 0) is 10.2 Å². The smallest absolute Gasteiger partial charge is 0.193 e. The first-order chi connectivity index (χ1) is 16.1. The van der Waals surface area contributed by atoms with E-state index in [4.69, 9.17) is 9.47 Å². The van der Waals surface area contributed by atoms with E-state index in [0.717, 1.165) is 52.5 Å². The third-order valence-electron chi connectivity index (χ3n) is 7.72. The number of hydrogen-bond acceptors (Lipinski definition) is 6. The minimum absolute atomic E-state index is 0.424. The average Bonchev–Trinajstić information content (AvgIpc) is 2.87. The molecule has 158 valence electrons. The van der Waals surface area contributed by atoms with Gasteiger partial charge in [0.25, 0.3) is 0 Å². The summed E-state index contributed by atoms with van der Waals surface area (Å²) in [7, 11) is 0. The molecule has 1 spiro atoms. The maximum atomic E-state index is 10.5. The zero-order valence-corrected chi connectivity index (χ0v) is 17.8. The summed E-state index contributed by atoms with van der Waals surface area (Å²) in [6, 6.07) is 16.4. The van der Waals surface area contributed by atoms with Crippen molar-refractivity contribution in [1.82, 2.24) is 0 Å². The standard InChI is InChI=1S/C27H18N4O2/c28-13-26(14-29)23-20-5-4-17-10-19-11-18-6-7-25(24(20)22(17)18,27(26,15-30)16-31)12-21(23)33-9-3-1-2-8-32-19/h4-7,10-12,23H,1-3,8-9H2. The van der Waals surface area contributed by atoms with Crippen LogP contribution in [-0.4, -0.2) is 13.2 Å². The Morgan fingerprint density at radius 2 is 1.64 bits per heavy atom. The maximum absolute atomic E-state index is 10.5. The van der Waals surface area contributed by atoms with Crippen molar-refractivity contribution in [1.29, 1.82) is 21.0 Å². The summed E-state index contributed by atoms with van der Waals surface area (Å²) < 4.78 is 12.2. The van der Waals surface area contributed by atoms with E-state index < -0.39 is 22.2 Å². The molecule has 3 aliphatic heterocycles. The Balaban J connectivity index is 1.81. The number of ether oxygens (including phenoxy) is 2. The van der Waals surface area contributed by atoms with Gasteiger partial charge in [-0.15, -0.1) is 0 Å². The van der Waals surface area contributed by atoms with Crippen LogP contribution >= 0.6 is 0 Å². The Morgan fingerprint density at radius 3 is 2.36 bits per heavy atom. The Labute approximate surface area is 191 Å². The molecular formula is C27H18N4O2. The Kier molecular flexibility index (Phi) is 3.76. The molecular weight excluding hydrogens is 412 g/mol. The lowest BCUT2D eigenvalue weighted by Crippen LogP contribution is -2.62. The van der Waals surface area contributed by atoms with Crippen LogP contribution in [0, 0.1) is 56.2 Å². The molecule has 2 atom stereocenters. The fourth-order valence-electron chi connectivity index (χ4n) is 6.28. The van der Waals surface area contributed by atoms with Crippen molar-refractivity contribution < 1.29 is 9.47 Å². The highest BCUT2D eigenvalue weighted by atomic mass is 16.5. The molecule has 3 heterocycles. The van der Waals surface area contributed by atoms with Gasteiger partial charge >= 0.3 is 0 Å². The molecule has 4 aliphatic carbocycles. The van der Waals surface area contributed by atoms with Crippen molar-refractivity contribution in [2.24, 2.45) is 10.8 Å². The molecule has 0 saturated carbocycles. The molecule has 9 bridgehead atoms. The second-order valence-corrected chi connectivity index (χ2v) is 9.09. The van der Waals surface area contributed by atoms with E-state index in [1.54, 1.807) is 0 Å². The normalized spacial score (nSPS) is 26.9. The SMILES string of the molecule is N#CC1(C#N)C2C3=CC4(C=Cc5cc(cc6ccc2c4c56)OCCCCCO3)C1(C#N)C#N. The highest BCUT2D eigenvalue weighted by Crippen LogP contribution is 2.71. The molecule has 0 fully saturated rings. The molecule has 2 aromatic rings. The van der Waals surface area contributed by atoms with Gasteiger partial charge in [0.15, 0.2) is 10.8 Å². The first-order valence-electron chi connectivity index (χ1n) is 11.0. The van der Waals surface area contributed by atoms with Crippen LogP contribution in [0.2, 0.25) is 0 Å². The first kappa shape index (κ1) is 19.4. The quantitative estimate of drug-likeness (QED) is 0.596. The van der Waals surface area contributed by atoms with Gasteiger partial charge in [-0.2, -0.15) is 21.0 Å². The summed E-state index contributed by atoms with van der Waals surface area (Å²) >= 11 is 0. The van der Waals surface area contributed by atoms with Gasteiger partial charge in [-0.05, 0) is 64.9 Å². The summed E-state index contributed by atoms with van der Waals surface area (Å²) in [5.41, 5.74) is -2.60. The number of benzene rings is 2. The molecule has 0 saturated heterocycles. The third-order valence-corrected chi connectivity index (χ3v) is 7.72. The molecule has 6 heteroatoms. The molecule has 0 N–H and O–H groups in total. The lowest BCUT2D eigenvalue weighted by atomic mass is 9.38. The van der Waals surface area contributed by atoms with Crippen molar-refractivity contribution in [2.45, 2.75) is 30.6 Å². The van der Waals surface area contributed by atoms with Gasteiger partial charge in [0, 0.05) is 0 Å². The van der Waals surface area contributed by atoms with Crippen LogP contribution in [0.4, 0.5) is 0 Å². The molecule has 7 aliphatic rings. The highest BCUT2D eigenvalue weighted by molar-refractivity contribution is 6.00. The second-order valence-electron chi connectivity index (χ2n) is 9.09. The topological polar surface area (TPSA) is 114 Å². The van der Waals surface area contributed by atoms with Crippen molar-refractivity contribution in [3.63, 3.8) is 0 Å². The van der Waals surface area contributed by atoms with Gasteiger partial charge in [-0.25, -0.2) is 0 Å². The zero-order chi connectivity index (χ0) is 22.8. The summed E-state index contributed by atoms with van der Waals surface area (Å²) in [5, 5.41) is 43.6. The number of hydrogen-bond donors (Lipinski definition) is 0. The van der Waals surface area contributed by atoms with Crippen molar-refractivity contribution in [2.75, 3.05) is 13.2 Å². The van der Waals surface area contributed by atoms with E-state index in [-0.39, 0.29) is 0 Å². The Hall–Kier alpha value is -4.26. The Bertz CT molecular complexity index is 1450. The first-order valence-corrected chi connectivity index (χ1v) is 11.0. The monoisotopic (exact) mass is 430 g/mol. The van der Waals surface area contributed by atoms with Crippen LogP contribution in [0.25, 0.3) is 16.8 Å². The summed E-state index contributed by atoms with van der Waals surface area (Å²) in [6.07, 6.45) is 8.12. The lowest BCUT2D eigenvalue weighted by Gasteiger charge is -2.57. The molecule has 0 radical (unpaired) electrons. The van der Waals surface area contributed by atoms with Crippen LogP contribution in [0.3, 0.4) is 0 Å². The predicted molar refractivity (Wildman–Crippen MR) is 118 cm³/mol. The largest absolute Gasteiger partial charge is 0.497 e. The number of nitrogens with zero attached hydrogens (tertiary/aromatic N) is 4. The van der Waals surface area contributed by atoms with Crippen LogP contribution in [0.15, 0.2) is 42.2 Å². The van der Waals surface area contributed by atoms with Gasteiger partial charge in [0.1, 0.15) is 11.5 Å².